The number of carbonyl (C=O) groups excluding carboxylic acids is 2. The Bertz CT molecular complexity index is 825. The molecule has 0 aromatic heterocycles. The molecule has 0 bridgehead atoms. The number of carbonyl (C=O) groups is 2. The summed E-state index contributed by atoms with van der Waals surface area (Å²) in [6.07, 6.45) is -0.0595. The minimum absolute atomic E-state index is 0.0595. The molecule has 0 aliphatic rings. The monoisotopic (exact) mass is 349 g/mol. The van der Waals surface area contributed by atoms with Gasteiger partial charge in [-0.3, -0.25) is 19.7 Å². The molecule has 7 nitrogen and oxygen atoms in total. The van der Waals surface area contributed by atoms with E-state index in [2.05, 4.69) is 5.32 Å². The summed E-state index contributed by atoms with van der Waals surface area (Å²) >= 11 is 0. The van der Waals surface area contributed by atoms with Crippen molar-refractivity contribution >= 4 is 17.5 Å². The van der Waals surface area contributed by atoms with Crippen LogP contribution < -0.4 is 11.1 Å². The number of nitrogens with zero attached hydrogens (tertiary/aromatic N) is 1. The zero-order valence-electron chi connectivity index (χ0n) is 12.7. The van der Waals surface area contributed by atoms with Gasteiger partial charge in [0.15, 0.2) is 11.6 Å². The minimum Gasteiger partial charge on any atom is -0.368 e. The van der Waals surface area contributed by atoms with E-state index in [9.17, 15) is 28.5 Å². The first-order valence-electron chi connectivity index (χ1n) is 7.07. The Kier molecular flexibility index (Phi) is 5.38. The van der Waals surface area contributed by atoms with Crippen LogP contribution in [0.15, 0.2) is 42.5 Å². The van der Waals surface area contributed by atoms with Gasteiger partial charge in [0.05, 0.1) is 10.5 Å². The van der Waals surface area contributed by atoms with Crippen LogP contribution in [0, 0.1) is 21.7 Å². The van der Waals surface area contributed by atoms with Gasteiger partial charge in [-0.1, -0.05) is 18.2 Å². The molecule has 0 saturated carbocycles. The van der Waals surface area contributed by atoms with Crippen LogP contribution in [0.2, 0.25) is 0 Å². The summed E-state index contributed by atoms with van der Waals surface area (Å²) in [5, 5.41) is 12.8. The highest BCUT2D eigenvalue weighted by Crippen LogP contribution is 2.14. The zero-order valence-corrected chi connectivity index (χ0v) is 12.7. The van der Waals surface area contributed by atoms with Crippen molar-refractivity contribution in [2.45, 2.75) is 12.5 Å². The first kappa shape index (κ1) is 18.0. The molecular formula is C16H13F2N3O4. The Morgan fingerprint density at radius 3 is 2.36 bits per heavy atom. The second-order valence-electron chi connectivity index (χ2n) is 5.16. The summed E-state index contributed by atoms with van der Waals surface area (Å²) in [4.78, 5) is 33.6. The third-order valence-electron chi connectivity index (χ3n) is 3.43. The summed E-state index contributed by atoms with van der Waals surface area (Å²) in [5.41, 5.74) is 5.03. The fraction of sp³-hybridized carbons (Fsp3) is 0.125. The lowest BCUT2D eigenvalue weighted by molar-refractivity contribution is -0.384. The van der Waals surface area contributed by atoms with Crippen LogP contribution in [0.25, 0.3) is 0 Å². The number of amides is 2. The molecule has 2 aromatic rings. The Labute approximate surface area is 140 Å². The molecule has 2 aromatic carbocycles. The summed E-state index contributed by atoms with van der Waals surface area (Å²) in [7, 11) is 0. The molecule has 0 radical (unpaired) electrons. The zero-order chi connectivity index (χ0) is 18.6. The van der Waals surface area contributed by atoms with Crippen LogP contribution in [0.5, 0.6) is 0 Å². The molecular weight excluding hydrogens is 336 g/mol. The van der Waals surface area contributed by atoms with Gasteiger partial charge in [-0.2, -0.15) is 0 Å². The number of primary amides is 1. The van der Waals surface area contributed by atoms with Crippen molar-refractivity contribution < 1.29 is 23.3 Å². The maximum Gasteiger partial charge on any atom is 0.269 e. The topological polar surface area (TPSA) is 115 Å². The molecule has 2 amide bonds. The summed E-state index contributed by atoms with van der Waals surface area (Å²) in [5.74, 6) is -4.41. The molecule has 0 aliphatic carbocycles. The normalized spacial score (nSPS) is 11.6. The number of benzene rings is 2. The molecule has 0 aliphatic heterocycles. The van der Waals surface area contributed by atoms with E-state index >= 15 is 0 Å². The summed E-state index contributed by atoms with van der Waals surface area (Å²) < 4.78 is 26.8. The number of nitro benzene ring substituents is 1. The molecule has 1 atom stereocenters. The largest absolute Gasteiger partial charge is 0.368 e. The van der Waals surface area contributed by atoms with Crippen molar-refractivity contribution in [2.75, 3.05) is 0 Å². The van der Waals surface area contributed by atoms with Gasteiger partial charge in [-0.15, -0.1) is 0 Å². The molecule has 3 N–H and O–H groups in total. The van der Waals surface area contributed by atoms with Crippen molar-refractivity contribution in [1.29, 1.82) is 0 Å². The van der Waals surface area contributed by atoms with Gasteiger partial charge in [-0.25, -0.2) is 8.78 Å². The van der Waals surface area contributed by atoms with Crippen LogP contribution in [0.1, 0.15) is 15.9 Å². The third-order valence-corrected chi connectivity index (χ3v) is 3.43. The van der Waals surface area contributed by atoms with E-state index in [4.69, 9.17) is 5.73 Å². The maximum atomic E-state index is 13.6. The van der Waals surface area contributed by atoms with Crippen molar-refractivity contribution in [3.63, 3.8) is 0 Å². The van der Waals surface area contributed by atoms with E-state index in [1.54, 1.807) is 0 Å². The standard InChI is InChI=1S/C16H13F2N3O4/c17-12-3-1-2-11(14(12)18)16(23)20-13(15(19)22)8-9-4-6-10(7-5-9)21(24)25/h1-7,13H,8H2,(H2,19,22)(H,20,23)/t13-/m0/s1. The lowest BCUT2D eigenvalue weighted by Crippen LogP contribution is -2.46. The first-order chi connectivity index (χ1) is 11.8. The quantitative estimate of drug-likeness (QED) is 0.610. The molecule has 0 saturated heterocycles. The SMILES string of the molecule is NC(=O)[C@H](Cc1ccc([N+](=O)[O-])cc1)NC(=O)c1cccc(F)c1F. The molecule has 2 rings (SSSR count). The Balaban J connectivity index is 2.15. The molecule has 25 heavy (non-hydrogen) atoms. The Morgan fingerprint density at radius 2 is 1.80 bits per heavy atom. The van der Waals surface area contributed by atoms with Crippen LogP contribution in [-0.4, -0.2) is 22.8 Å². The summed E-state index contributed by atoms with van der Waals surface area (Å²) in [6.45, 7) is 0. The van der Waals surface area contributed by atoms with E-state index in [1.807, 2.05) is 0 Å². The number of hydrogen-bond acceptors (Lipinski definition) is 4. The van der Waals surface area contributed by atoms with Gasteiger partial charge in [0.25, 0.3) is 11.6 Å². The van der Waals surface area contributed by atoms with E-state index in [0.29, 0.717) is 5.56 Å². The summed E-state index contributed by atoms with van der Waals surface area (Å²) in [6, 6.07) is 7.17. The average molecular weight is 349 g/mol. The highest BCUT2D eigenvalue weighted by molar-refractivity contribution is 5.97. The maximum absolute atomic E-state index is 13.6. The predicted octanol–water partition coefficient (Wildman–Crippen LogP) is 1.70. The first-order valence-corrected chi connectivity index (χ1v) is 7.07. The van der Waals surface area contributed by atoms with Crippen LogP contribution in [0.3, 0.4) is 0 Å². The van der Waals surface area contributed by atoms with Gasteiger partial charge in [0.2, 0.25) is 5.91 Å². The lowest BCUT2D eigenvalue weighted by atomic mass is 10.0. The van der Waals surface area contributed by atoms with Crippen molar-refractivity contribution in [3.05, 3.63) is 75.3 Å². The van der Waals surface area contributed by atoms with E-state index < -0.39 is 40.0 Å². The van der Waals surface area contributed by atoms with E-state index in [-0.39, 0.29) is 12.1 Å². The number of non-ortho nitro benzene ring substituents is 1. The smallest absolute Gasteiger partial charge is 0.269 e. The number of nitrogens with two attached hydrogens (primary N) is 1. The number of rotatable bonds is 6. The number of halogens is 2. The highest BCUT2D eigenvalue weighted by Gasteiger charge is 2.22. The van der Waals surface area contributed by atoms with E-state index in [0.717, 1.165) is 18.2 Å². The minimum atomic E-state index is -1.33. The Hall–Kier alpha value is -3.36. The van der Waals surface area contributed by atoms with Gasteiger partial charge >= 0.3 is 0 Å². The van der Waals surface area contributed by atoms with Crippen molar-refractivity contribution in [2.24, 2.45) is 5.73 Å². The van der Waals surface area contributed by atoms with Crippen LogP contribution in [0.4, 0.5) is 14.5 Å². The van der Waals surface area contributed by atoms with Gasteiger partial charge in [0.1, 0.15) is 6.04 Å². The molecule has 0 heterocycles. The predicted molar refractivity (Wildman–Crippen MR) is 83.6 cm³/mol. The van der Waals surface area contributed by atoms with Gasteiger partial charge < -0.3 is 11.1 Å². The lowest BCUT2D eigenvalue weighted by Gasteiger charge is -2.16. The highest BCUT2D eigenvalue weighted by atomic mass is 19.2. The fourth-order valence-electron chi connectivity index (χ4n) is 2.13. The van der Waals surface area contributed by atoms with Crippen LogP contribution >= 0.6 is 0 Å². The Morgan fingerprint density at radius 1 is 1.16 bits per heavy atom. The number of hydrogen-bond donors (Lipinski definition) is 2. The average Bonchev–Trinajstić information content (AvgIpc) is 2.57. The molecule has 9 heteroatoms. The molecule has 0 spiro atoms. The van der Waals surface area contributed by atoms with Gasteiger partial charge in [0, 0.05) is 18.6 Å². The van der Waals surface area contributed by atoms with Crippen LogP contribution in [-0.2, 0) is 11.2 Å². The number of nitro groups is 1. The second kappa shape index (κ2) is 7.47. The molecule has 130 valence electrons. The van der Waals surface area contributed by atoms with Crippen molar-refractivity contribution in [3.8, 4) is 0 Å². The van der Waals surface area contributed by atoms with E-state index in [1.165, 1.54) is 24.3 Å². The van der Waals surface area contributed by atoms with Crippen molar-refractivity contribution in [1.82, 2.24) is 5.32 Å². The van der Waals surface area contributed by atoms with Gasteiger partial charge in [-0.05, 0) is 17.7 Å². The number of nitrogens with one attached hydrogen (secondary N) is 1. The third kappa shape index (κ3) is 4.34. The molecule has 0 unspecified atom stereocenters. The fourth-order valence-corrected chi connectivity index (χ4v) is 2.13. The second-order valence-corrected chi connectivity index (χ2v) is 5.16. The molecule has 0 fully saturated rings.